The summed E-state index contributed by atoms with van der Waals surface area (Å²) in [6.07, 6.45) is -0.633. The first-order valence-electron chi connectivity index (χ1n) is 7.08. The van der Waals surface area contributed by atoms with Gasteiger partial charge in [0.15, 0.2) is 6.10 Å². The molecule has 0 unspecified atom stereocenters. The molecule has 112 valence electrons. The van der Waals surface area contributed by atoms with E-state index in [4.69, 9.17) is 14.7 Å². The Kier molecular flexibility index (Phi) is 5.16. The Labute approximate surface area is 129 Å². The Morgan fingerprint density at radius 2 is 1.91 bits per heavy atom. The van der Waals surface area contributed by atoms with Crippen LogP contribution < -0.4 is 9.47 Å². The Balaban J connectivity index is 2.06. The zero-order valence-electron chi connectivity index (χ0n) is 12.6. The highest BCUT2D eigenvalue weighted by Gasteiger charge is 2.17. The fraction of sp³-hybridized carbons (Fsp3) is 0.222. The maximum absolute atomic E-state index is 12.3. The van der Waals surface area contributed by atoms with Gasteiger partial charge in [-0.05, 0) is 56.3 Å². The smallest absolute Gasteiger partial charge is 0.202 e. The maximum atomic E-state index is 12.3. The van der Waals surface area contributed by atoms with Crippen molar-refractivity contribution in [2.45, 2.75) is 20.0 Å². The molecule has 1 atom stereocenters. The molecule has 0 saturated heterocycles. The van der Waals surface area contributed by atoms with E-state index in [2.05, 4.69) is 0 Å². The van der Waals surface area contributed by atoms with E-state index in [0.29, 0.717) is 23.5 Å². The van der Waals surface area contributed by atoms with E-state index in [1.807, 2.05) is 13.0 Å². The molecule has 0 spiro atoms. The van der Waals surface area contributed by atoms with Crippen LogP contribution in [0.15, 0.2) is 48.5 Å². The van der Waals surface area contributed by atoms with Crippen LogP contribution in [0.25, 0.3) is 0 Å². The van der Waals surface area contributed by atoms with Crippen molar-refractivity contribution in [3.05, 3.63) is 59.7 Å². The Hall–Kier alpha value is -2.80. The van der Waals surface area contributed by atoms with Gasteiger partial charge < -0.3 is 9.47 Å². The number of hydrogen-bond acceptors (Lipinski definition) is 4. The monoisotopic (exact) mass is 295 g/mol. The number of Topliss-reactive ketones (excluding diaryl/α,β-unsaturated/α-hetero) is 1. The van der Waals surface area contributed by atoms with Crippen LogP contribution in [0.5, 0.6) is 11.5 Å². The quantitative estimate of drug-likeness (QED) is 0.764. The van der Waals surface area contributed by atoms with E-state index in [-0.39, 0.29) is 5.78 Å². The molecule has 2 aromatic rings. The number of hydrogen-bond donors (Lipinski definition) is 0. The molecule has 0 saturated carbocycles. The lowest BCUT2D eigenvalue weighted by Crippen LogP contribution is -2.23. The molecular formula is C18H17NO3. The van der Waals surface area contributed by atoms with Crippen molar-refractivity contribution in [1.29, 1.82) is 5.26 Å². The van der Waals surface area contributed by atoms with Crippen LogP contribution in [0.2, 0.25) is 0 Å². The van der Waals surface area contributed by atoms with E-state index in [1.165, 1.54) is 0 Å². The molecule has 0 aliphatic heterocycles. The Morgan fingerprint density at radius 1 is 1.18 bits per heavy atom. The van der Waals surface area contributed by atoms with Crippen molar-refractivity contribution in [2.24, 2.45) is 0 Å². The summed E-state index contributed by atoms with van der Waals surface area (Å²) in [5, 5.41) is 8.87. The van der Waals surface area contributed by atoms with Crippen LogP contribution in [0, 0.1) is 11.3 Å². The van der Waals surface area contributed by atoms with Crippen molar-refractivity contribution >= 4 is 5.78 Å². The van der Waals surface area contributed by atoms with Crippen LogP contribution in [-0.4, -0.2) is 18.5 Å². The van der Waals surface area contributed by atoms with Crippen LogP contribution in [-0.2, 0) is 0 Å². The van der Waals surface area contributed by atoms with Gasteiger partial charge >= 0.3 is 0 Å². The van der Waals surface area contributed by atoms with E-state index < -0.39 is 6.10 Å². The second-order valence-corrected chi connectivity index (χ2v) is 4.72. The normalized spacial score (nSPS) is 11.3. The number of nitrogens with zero attached hydrogens (tertiary/aromatic N) is 1. The molecule has 2 rings (SSSR count). The van der Waals surface area contributed by atoms with Gasteiger partial charge in [0, 0.05) is 5.56 Å². The summed E-state index contributed by atoms with van der Waals surface area (Å²) in [4.78, 5) is 12.3. The van der Waals surface area contributed by atoms with Gasteiger partial charge in [-0.3, -0.25) is 4.79 Å². The van der Waals surface area contributed by atoms with Gasteiger partial charge in [0.05, 0.1) is 18.2 Å². The predicted molar refractivity (Wildman–Crippen MR) is 83.2 cm³/mol. The zero-order valence-corrected chi connectivity index (χ0v) is 12.6. The van der Waals surface area contributed by atoms with Gasteiger partial charge in [0.1, 0.15) is 11.5 Å². The van der Waals surface area contributed by atoms with Crippen molar-refractivity contribution in [3.8, 4) is 17.6 Å². The summed E-state index contributed by atoms with van der Waals surface area (Å²) in [6, 6.07) is 15.8. The number of carbonyl (C=O) groups excluding carboxylic acids is 1. The average Bonchev–Trinajstić information content (AvgIpc) is 2.55. The van der Waals surface area contributed by atoms with E-state index >= 15 is 0 Å². The third-order valence-corrected chi connectivity index (χ3v) is 3.10. The van der Waals surface area contributed by atoms with Crippen LogP contribution >= 0.6 is 0 Å². The van der Waals surface area contributed by atoms with E-state index in [1.54, 1.807) is 55.5 Å². The van der Waals surface area contributed by atoms with Gasteiger partial charge in [0.25, 0.3) is 0 Å². The minimum Gasteiger partial charge on any atom is -0.494 e. The SMILES string of the molecule is CCOc1ccc(C(=O)[C@@H](C)Oc2cccc(C#N)c2)cc1. The molecule has 0 bridgehead atoms. The molecule has 4 nitrogen and oxygen atoms in total. The number of rotatable bonds is 6. The first-order valence-corrected chi connectivity index (χ1v) is 7.08. The largest absolute Gasteiger partial charge is 0.494 e. The Morgan fingerprint density at radius 3 is 2.55 bits per heavy atom. The number of nitriles is 1. The molecule has 0 heterocycles. The number of ketones is 1. The Bertz CT molecular complexity index is 686. The van der Waals surface area contributed by atoms with Gasteiger partial charge in [0.2, 0.25) is 5.78 Å². The van der Waals surface area contributed by atoms with Gasteiger partial charge in [-0.15, -0.1) is 0 Å². The summed E-state index contributed by atoms with van der Waals surface area (Å²) < 4.78 is 11.0. The van der Waals surface area contributed by atoms with E-state index in [9.17, 15) is 4.79 Å². The molecule has 2 aromatic carbocycles. The van der Waals surface area contributed by atoms with Crippen molar-refractivity contribution < 1.29 is 14.3 Å². The van der Waals surface area contributed by atoms with Crippen LogP contribution in [0.3, 0.4) is 0 Å². The molecule has 0 radical (unpaired) electrons. The number of ether oxygens (including phenoxy) is 2. The molecule has 0 aliphatic carbocycles. The minimum atomic E-state index is -0.633. The molecule has 0 amide bonds. The number of carbonyl (C=O) groups is 1. The van der Waals surface area contributed by atoms with Crippen LogP contribution in [0.4, 0.5) is 0 Å². The summed E-state index contributed by atoms with van der Waals surface area (Å²) in [5.41, 5.74) is 1.06. The molecule has 0 N–H and O–H groups in total. The maximum Gasteiger partial charge on any atom is 0.202 e. The second-order valence-electron chi connectivity index (χ2n) is 4.72. The molecule has 0 aliphatic rings. The predicted octanol–water partition coefficient (Wildman–Crippen LogP) is 3.61. The first kappa shape index (κ1) is 15.6. The summed E-state index contributed by atoms with van der Waals surface area (Å²) in [5.74, 6) is 1.12. The van der Waals surface area contributed by atoms with Crippen molar-refractivity contribution in [1.82, 2.24) is 0 Å². The topological polar surface area (TPSA) is 59.3 Å². The second kappa shape index (κ2) is 7.28. The summed E-state index contributed by atoms with van der Waals surface area (Å²) >= 11 is 0. The lowest BCUT2D eigenvalue weighted by molar-refractivity contribution is 0.0818. The van der Waals surface area contributed by atoms with Crippen molar-refractivity contribution in [3.63, 3.8) is 0 Å². The van der Waals surface area contributed by atoms with E-state index in [0.717, 1.165) is 5.75 Å². The number of benzene rings is 2. The molecular weight excluding hydrogens is 278 g/mol. The lowest BCUT2D eigenvalue weighted by atomic mass is 10.1. The third kappa shape index (κ3) is 3.86. The highest BCUT2D eigenvalue weighted by Crippen LogP contribution is 2.18. The summed E-state index contributed by atoms with van der Waals surface area (Å²) in [6.45, 7) is 4.18. The minimum absolute atomic E-state index is 0.120. The highest BCUT2D eigenvalue weighted by atomic mass is 16.5. The zero-order chi connectivity index (χ0) is 15.9. The molecule has 0 fully saturated rings. The summed E-state index contributed by atoms with van der Waals surface area (Å²) in [7, 11) is 0. The van der Waals surface area contributed by atoms with Gasteiger partial charge in [-0.2, -0.15) is 5.26 Å². The molecule has 4 heteroatoms. The average molecular weight is 295 g/mol. The van der Waals surface area contributed by atoms with Gasteiger partial charge in [-0.25, -0.2) is 0 Å². The molecule has 22 heavy (non-hydrogen) atoms. The van der Waals surface area contributed by atoms with Crippen molar-refractivity contribution in [2.75, 3.05) is 6.61 Å². The third-order valence-electron chi connectivity index (χ3n) is 3.10. The standard InChI is InChI=1S/C18H17NO3/c1-3-21-16-9-7-15(8-10-16)18(20)13(2)22-17-6-4-5-14(11-17)12-19/h4-11,13H,3H2,1-2H3/t13-/m1/s1. The fourth-order valence-corrected chi connectivity index (χ4v) is 2.01. The lowest BCUT2D eigenvalue weighted by Gasteiger charge is -2.14. The molecule has 0 aromatic heterocycles. The van der Waals surface area contributed by atoms with Crippen LogP contribution in [0.1, 0.15) is 29.8 Å². The first-order chi connectivity index (χ1) is 10.6. The fourth-order valence-electron chi connectivity index (χ4n) is 2.01. The van der Waals surface area contributed by atoms with Gasteiger partial charge in [-0.1, -0.05) is 6.07 Å². The highest BCUT2D eigenvalue weighted by molar-refractivity contribution is 5.99.